The summed E-state index contributed by atoms with van der Waals surface area (Å²) in [5.74, 6) is 1.23. The molecule has 1 aliphatic rings. The maximum atomic E-state index is 5.89. The summed E-state index contributed by atoms with van der Waals surface area (Å²) in [6.45, 7) is 0. The molecule has 0 fully saturated rings. The topological polar surface area (TPSA) is 80.5 Å². The SMILES string of the molecule is Nc1nc(-c2c[nH]cn2)nc2c1CCC2. The number of H-pyrrole nitrogens is 1. The lowest BCUT2D eigenvalue weighted by Gasteiger charge is -2.04. The molecular formula is C10H11N5. The fraction of sp³-hybridized carbons (Fsp3) is 0.300. The zero-order valence-electron chi connectivity index (χ0n) is 8.20. The first kappa shape index (κ1) is 8.40. The molecule has 0 saturated heterocycles. The highest BCUT2D eigenvalue weighted by atomic mass is 15.0. The monoisotopic (exact) mass is 201 g/mol. The van der Waals surface area contributed by atoms with Gasteiger partial charge in [-0.3, -0.25) is 0 Å². The van der Waals surface area contributed by atoms with E-state index in [1.807, 2.05) is 0 Å². The lowest BCUT2D eigenvalue weighted by Crippen LogP contribution is -2.02. The van der Waals surface area contributed by atoms with E-state index < -0.39 is 0 Å². The average molecular weight is 201 g/mol. The quantitative estimate of drug-likeness (QED) is 0.719. The Morgan fingerprint density at radius 1 is 1.27 bits per heavy atom. The van der Waals surface area contributed by atoms with Gasteiger partial charge in [-0.15, -0.1) is 0 Å². The summed E-state index contributed by atoms with van der Waals surface area (Å²) in [4.78, 5) is 15.8. The highest BCUT2D eigenvalue weighted by molar-refractivity contribution is 5.55. The van der Waals surface area contributed by atoms with Crippen molar-refractivity contribution < 1.29 is 0 Å². The minimum Gasteiger partial charge on any atom is -0.383 e. The summed E-state index contributed by atoms with van der Waals surface area (Å²) in [6.07, 6.45) is 6.51. The van der Waals surface area contributed by atoms with Crippen LogP contribution in [0.4, 0.5) is 5.82 Å². The van der Waals surface area contributed by atoms with Crippen molar-refractivity contribution in [2.75, 3.05) is 5.73 Å². The normalized spacial score (nSPS) is 14.1. The molecule has 2 aromatic heterocycles. The van der Waals surface area contributed by atoms with Crippen molar-refractivity contribution in [3.8, 4) is 11.5 Å². The molecule has 3 N–H and O–H groups in total. The Bertz CT molecular complexity index is 489. The van der Waals surface area contributed by atoms with E-state index in [-0.39, 0.29) is 0 Å². The van der Waals surface area contributed by atoms with Crippen molar-refractivity contribution in [2.24, 2.45) is 0 Å². The van der Waals surface area contributed by atoms with Crippen LogP contribution in [0.1, 0.15) is 17.7 Å². The third kappa shape index (κ3) is 1.27. The molecule has 0 atom stereocenters. The number of aromatic nitrogens is 4. The molecule has 0 aromatic carbocycles. The second-order valence-electron chi connectivity index (χ2n) is 3.67. The molecule has 1 aliphatic carbocycles. The molecule has 2 aromatic rings. The highest BCUT2D eigenvalue weighted by Gasteiger charge is 2.18. The van der Waals surface area contributed by atoms with Crippen LogP contribution in [0.25, 0.3) is 11.5 Å². The van der Waals surface area contributed by atoms with Gasteiger partial charge in [-0.25, -0.2) is 15.0 Å². The molecule has 76 valence electrons. The number of fused-ring (bicyclic) bond motifs is 1. The second-order valence-corrected chi connectivity index (χ2v) is 3.67. The maximum Gasteiger partial charge on any atom is 0.182 e. The Morgan fingerprint density at radius 2 is 2.20 bits per heavy atom. The lowest BCUT2D eigenvalue weighted by molar-refractivity contribution is 0.900. The first-order chi connectivity index (χ1) is 7.34. The fourth-order valence-corrected chi connectivity index (χ4v) is 1.96. The largest absolute Gasteiger partial charge is 0.383 e. The predicted octanol–water partition coefficient (Wildman–Crippen LogP) is 0.938. The van der Waals surface area contributed by atoms with Gasteiger partial charge in [0.1, 0.15) is 11.5 Å². The number of nitrogens with one attached hydrogen (secondary N) is 1. The second kappa shape index (κ2) is 3.05. The molecule has 15 heavy (non-hydrogen) atoms. The number of aryl methyl sites for hydroxylation is 1. The summed E-state index contributed by atoms with van der Waals surface area (Å²) >= 11 is 0. The van der Waals surface area contributed by atoms with Gasteiger partial charge in [0, 0.05) is 17.5 Å². The number of nitrogens with zero attached hydrogens (tertiary/aromatic N) is 3. The smallest absolute Gasteiger partial charge is 0.182 e. The van der Waals surface area contributed by atoms with Crippen LogP contribution in [0.2, 0.25) is 0 Å². The molecule has 5 nitrogen and oxygen atoms in total. The summed E-state index contributed by atoms with van der Waals surface area (Å²) in [6, 6.07) is 0. The summed E-state index contributed by atoms with van der Waals surface area (Å²) in [5, 5.41) is 0. The van der Waals surface area contributed by atoms with Crippen LogP contribution < -0.4 is 5.73 Å². The van der Waals surface area contributed by atoms with E-state index in [0.717, 1.165) is 36.2 Å². The number of hydrogen-bond acceptors (Lipinski definition) is 4. The van der Waals surface area contributed by atoms with Crippen molar-refractivity contribution in [1.29, 1.82) is 0 Å². The molecular weight excluding hydrogens is 190 g/mol. The fourth-order valence-electron chi connectivity index (χ4n) is 1.96. The van der Waals surface area contributed by atoms with Crippen molar-refractivity contribution in [1.82, 2.24) is 19.9 Å². The van der Waals surface area contributed by atoms with Crippen LogP contribution in [-0.4, -0.2) is 19.9 Å². The lowest BCUT2D eigenvalue weighted by atomic mass is 10.2. The number of anilines is 1. The van der Waals surface area contributed by atoms with E-state index in [2.05, 4.69) is 19.9 Å². The third-order valence-corrected chi connectivity index (χ3v) is 2.69. The summed E-state index contributed by atoms with van der Waals surface area (Å²) in [5.41, 5.74) is 8.84. The average Bonchev–Trinajstić information content (AvgIpc) is 2.88. The van der Waals surface area contributed by atoms with Crippen LogP contribution in [-0.2, 0) is 12.8 Å². The Morgan fingerprint density at radius 3 is 3.00 bits per heavy atom. The molecule has 0 bridgehead atoms. The van der Waals surface area contributed by atoms with E-state index in [1.165, 1.54) is 0 Å². The van der Waals surface area contributed by atoms with Crippen LogP contribution >= 0.6 is 0 Å². The maximum absolute atomic E-state index is 5.89. The number of nitrogens with two attached hydrogens (primary N) is 1. The number of imidazole rings is 1. The minimum absolute atomic E-state index is 0.607. The Labute approximate surface area is 86.8 Å². The van der Waals surface area contributed by atoms with Gasteiger partial charge in [0.2, 0.25) is 0 Å². The van der Waals surface area contributed by atoms with E-state index in [4.69, 9.17) is 5.73 Å². The van der Waals surface area contributed by atoms with Crippen molar-refractivity contribution >= 4 is 5.82 Å². The number of nitrogen functional groups attached to an aromatic ring is 1. The summed E-state index contributed by atoms with van der Waals surface area (Å²) < 4.78 is 0. The van der Waals surface area contributed by atoms with Gasteiger partial charge in [0.25, 0.3) is 0 Å². The van der Waals surface area contributed by atoms with E-state index >= 15 is 0 Å². The van der Waals surface area contributed by atoms with Gasteiger partial charge in [-0.1, -0.05) is 0 Å². The molecule has 3 rings (SSSR count). The Hall–Kier alpha value is -1.91. The Kier molecular flexibility index (Phi) is 1.71. The van der Waals surface area contributed by atoms with Crippen LogP contribution in [0.3, 0.4) is 0 Å². The zero-order chi connectivity index (χ0) is 10.3. The number of aromatic amines is 1. The standard InChI is InChI=1S/C10H11N5/c11-9-6-2-1-3-7(6)14-10(15-9)8-4-12-5-13-8/h4-5H,1-3H2,(H,12,13)(H2,11,14,15). The van der Waals surface area contributed by atoms with E-state index in [1.54, 1.807) is 12.5 Å². The van der Waals surface area contributed by atoms with Crippen molar-refractivity contribution in [2.45, 2.75) is 19.3 Å². The highest BCUT2D eigenvalue weighted by Crippen LogP contribution is 2.26. The van der Waals surface area contributed by atoms with Gasteiger partial charge >= 0.3 is 0 Å². The van der Waals surface area contributed by atoms with Crippen LogP contribution in [0.5, 0.6) is 0 Å². The van der Waals surface area contributed by atoms with Gasteiger partial charge < -0.3 is 10.7 Å². The van der Waals surface area contributed by atoms with Gasteiger partial charge in [0.15, 0.2) is 5.82 Å². The minimum atomic E-state index is 0.607. The molecule has 5 heteroatoms. The van der Waals surface area contributed by atoms with E-state index in [0.29, 0.717) is 11.6 Å². The van der Waals surface area contributed by atoms with E-state index in [9.17, 15) is 0 Å². The molecule has 0 unspecified atom stereocenters. The van der Waals surface area contributed by atoms with Crippen molar-refractivity contribution in [3.05, 3.63) is 23.8 Å². The molecule has 0 radical (unpaired) electrons. The number of hydrogen-bond donors (Lipinski definition) is 2. The van der Waals surface area contributed by atoms with Crippen molar-refractivity contribution in [3.63, 3.8) is 0 Å². The third-order valence-electron chi connectivity index (χ3n) is 2.69. The van der Waals surface area contributed by atoms with Gasteiger partial charge in [-0.05, 0) is 19.3 Å². The molecule has 0 saturated carbocycles. The first-order valence-electron chi connectivity index (χ1n) is 4.99. The van der Waals surface area contributed by atoms with Gasteiger partial charge in [0.05, 0.1) is 6.33 Å². The van der Waals surface area contributed by atoms with Crippen LogP contribution in [0, 0.1) is 0 Å². The molecule has 0 spiro atoms. The first-order valence-corrected chi connectivity index (χ1v) is 4.99. The van der Waals surface area contributed by atoms with Crippen LogP contribution in [0.15, 0.2) is 12.5 Å². The molecule has 2 heterocycles. The van der Waals surface area contributed by atoms with Gasteiger partial charge in [-0.2, -0.15) is 0 Å². The zero-order valence-corrected chi connectivity index (χ0v) is 8.20. The summed E-state index contributed by atoms with van der Waals surface area (Å²) in [7, 11) is 0. The molecule has 0 amide bonds. The predicted molar refractivity (Wildman–Crippen MR) is 56.1 cm³/mol. The Balaban J connectivity index is 2.15. The number of rotatable bonds is 1. The molecule has 0 aliphatic heterocycles.